The zero-order chi connectivity index (χ0) is 13.7. The van der Waals surface area contributed by atoms with Crippen molar-refractivity contribution in [2.24, 2.45) is 0 Å². The van der Waals surface area contributed by atoms with Crippen LogP contribution in [0.4, 0.5) is 0 Å². The van der Waals surface area contributed by atoms with Crippen molar-refractivity contribution in [1.29, 1.82) is 0 Å². The Bertz CT molecular complexity index is 493. The number of sulfonamides is 1. The van der Waals surface area contributed by atoms with Crippen LogP contribution in [0, 0.1) is 0 Å². The molecule has 2 unspecified atom stereocenters. The molecule has 106 valence electrons. The summed E-state index contributed by atoms with van der Waals surface area (Å²) in [5, 5.41) is -0.0848. The van der Waals surface area contributed by atoms with Crippen LogP contribution in [-0.4, -0.2) is 30.6 Å². The molecule has 4 nitrogen and oxygen atoms in total. The molecule has 1 aromatic rings. The van der Waals surface area contributed by atoms with Gasteiger partial charge in [0.25, 0.3) is 0 Å². The SMILES string of the molecule is O=S(=O)(CCc1ccccn1)NC1CCCCC1Cl. The van der Waals surface area contributed by atoms with E-state index in [-0.39, 0.29) is 17.2 Å². The molecule has 2 rings (SSSR count). The minimum absolute atomic E-state index is 0.0596. The van der Waals surface area contributed by atoms with Crippen molar-refractivity contribution < 1.29 is 8.42 Å². The molecular weight excluding hydrogens is 284 g/mol. The van der Waals surface area contributed by atoms with Crippen LogP contribution in [0.15, 0.2) is 24.4 Å². The highest BCUT2D eigenvalue weighted by atomic mass is 35.5. The summed E-state index contributed by atoms with van der Waals surface area (Å²) in [6, 6.07) is 5.39. The van der Waals surface area contributed by atoms with Crippen LogP contribution in [0.2, 0.25) is 0 Å². The molecule has 0 aliphatic heterocycles. The maximum absolute atomic E-state index is 12.0. The van der Waals surface area contributed by atoms with Crippen molar-refractivity contribution in [2.45, 2.75) is 43.5 Å². The molecule has 1 fully saturated rings. The van der Waals surface area contributed by atoms with Gasteiger partial charge in [-0.1, -0.05) is 18.9 Å². The molecule has 2 atom stereocenters. The Kier molecular flexibility index (Phi) is 5.19. The first kappa shape index (κ1) is 14.8. The third-order valence-corrected chi connectivity index (χ3v) is 5.29. The van der Waals surface area contributed by atoms with E-state index in [0.717, 1.165) is 31.4 Å². The van der Waals surface area contributed by atoms with Crippen molar-refractivity contribution in [3.63, 3.8) is 0 Å². The lowest BCUT2D eigenvalue weighted by atomic mass is 9.96. The highest BCUT2D eigenvalue weighted by Gasteiger charge is 2.27. The molecular formula is C13H19ClN2O2S. The van der Waals surface area contributed by atoms with Crippen LogP contribution >= 0.6 is 11.6 Å². The normalized spacial score (nSPS) is 24.3. The van der Waals surface area contributed by atoms with Crippen molar-refractivity contribution in [2.75, 3.05) is 5.75 Å². The number of rotatable bonds is 5. The number of nitrogens with zero attached hydrogens (tertiary/aromatic N) is 1. The van der Waals surface area contributed by atoms with E-state index in [2.05, 4.69) is 9.71 Å². The molecule has 6 heteroatoms. The Morgan fingerprint density at radius 1 is 1.32 bits per heavy atom. The topological polar surface area (TPSA) is 59.1 Å². The standard InChI is InChI=1S/C13H19ClN2O2S/c14-12-6-1-2-7-13(12)16-19(17,18)10-8-11-5-3-4-9-15-11/h3-5,9,12-13,16H,1-2,6-8,10H2. The van der Waals surface area contributed by atoms with Crippen LogP contribution in [-0.2, 0) is 16.4 Å². The summed E-state index contributed by atoms with van der Waals surface area (Å²) in [4.78, 5) is 4.13. The third kappa shape index (κ3) is 4.75. The Balaban J connectivity index is 1.88. The molecule has 1 saturated carbocycles. The van der Waals surface area contributed by atoms with Gasteiger partial charge in [-0.05, 0) is 25.0 Å². The van der Waals surface area contributed by atoms with Crippen LogP contribution in [0.5, 0.6) is 0 Å². The Morgan fingerprint density at radius 3 is 2.79 bits per heavy atom. The van der Waals surface area contributed by atoms with E-state index in [9.17, 15) is 8.42 Å². The van der Waals surface area contributed by atoms with Gasteiger partial charge in [0.15, 0.2) is 0 Å². The van der Waals surface area contributed by atoms with E-state index in [0.29, 0.717) is 6.42 Å². The van der Waals surface area contributed by atoms with Gasteiger partial charge in [0.05, 0.1) is 5.75 Å². The highest BCUT2D eigenvalue weighted by Crippen LogP contribution is 2.23. The Morgan fingerprint density at radius 2 is 2.11 bits per heavy atom. The highest BCUT2D eigenvalue weighted by molar-refractivity contribution is 7.89. The van der Waals surface area contributed by atoms with Crippen LogP contribution in [0.25, 0.3) is 0 Å². The summed E-state index contributed by atoms with van der Waals surface area (Å²) in [7, 11) is -3.29. The van der Waals surface area contributed by atoms with E-state index < -0.39 is 10.0 Å². The first-order valence-electron chi connectivity index (χ1n) is 6.61. The first-order chi connectivity index (χ1) is 9.07. The van der Waals surface area contributed by atoms with E-state index in [1.54, 1.807) is 6.20 Å². The third-order valence-electron chi connectivity index (χ3n) is 3.37. The summed E-state index contributed by atoms with van der Waals surface area (Å²) in [6.45, 7) is 0. The number of hydrogen-bond acceptors (Lipinski definition) is 3. The van der Waals surface area contributed by atoms with E-state index in [1.165, 1.54) is 0 Å². The summed E-state index contributed by atoms with van der Waals surface area (Å²) in [6.07, 6.45) is 5.93. The molecule has 1 N–H and O–H groups in total. The molecule has 1 aliphatic rings. The lowest BCUT2D eigenvalue weighted by molar-refractivity contribution is 0.418. The molecule has 19 heavy (non-hydrogen) atoms. The van der Waals surface area contributed by atoms with Crippen LogP contribution in [0.1, 0.15) is 31.4 Å². The Hall–Kier alpha value is -0.650. The lowest BCUT2D eigenvalue weighted by Gasteiger charge is -2.27. The summed E-state index contributed by atoms with van der Waals surface area (Å²) in [5.41, 5.74) is 0.791. The van der Waals surface area contributed by atoms with Gasteiger partial charge in [0.2, 0.25) is 10.0 Å². The van der Waals surface area contributed by atoms with Crippen molar-refractivity contribution >= 4 is 21.6 Å². The number of pyridine rings is 1. The molecule has 0 spiro atoms. The first-order valence-corrected chi connectivity index (χ1v) is 8.70. The minimum atomic E-state index is -3.29. The number of halogens is 1. The summed E-state index contributed by atoms with van der Waals surface area (Å²) in [5.74, 6) is 0.0596. The van der Waals surface area contributed by atoms with Crippen molar-refractivity contribution in [3.05, 3.63) is 30.1 Å². The second kappa shape index (κ2) is 6.68. The lowest BCUT2D eigenvalue weighted by Crippen LogP contribution is -2.43. The molecule has 0 bridgehead atoms. The van der Waals surface area contributed by atoms with Crippen LogP contribution in [0.3, 0.4) is 0 Å². The second-order valence-electron chi connectivity index (χ2n) is 4.91. The molecule has 1 aromatic heterocycles. The number of alkyl halides is 1. The average Bonchev–Trinajstić information content (AvgIpc) is 2.40. The predicted octanol–water partition coefficient (Wildman–Crippen LogP) is 2.09. The Labute approximate surface area is 119 Å². The van der Waals surface area contributed by atoms with Gasteiger partial charge in [-0.25, -0.2) is 13.1 Å². The van der Waals surface area contributed by atoms with Crippen LogP contribution < -0.4 is 4.72 Å². The van der Waals surface area contributed by atoms with Crippen molar-refractivity contribution in [3.8, 4) is 0 Å². The minimum Gasteiger partial charge on any atom is -0.261 e. The largest absolute Gasteiger partial charge is 0.261 e. The van der Waals surface area contributed by atoms with Gasteiger partial charge in [0.1, 0.15) is 0 Å². The average molecular weight is 303 g/mol. The van der Waals surface area contributed by atoms with Crippen molar-refractivity contribution in [1.82, 2.24) is 9.71 Å². The van der Waals surface area contributed by atoms with Gasteiger partial charge in [-0.3, -0.25) is 4.98 Å². The maximum Gasteiger partial charge on any atom is 0.212 e. The van der Waals surface area contributed by atoms with E-state index in [1.807, 2.05) is 18.2 Å². The number of aryl methyl sites for hydroxylation is 1. The summed E-state index contributed by atoms with van der Waals surface area (Å²) < 4.78 is 26.8. The predicted molar refractivity (Wildman–Crippen MR) is 76.8 cm³/mol. The van der Waals surface area contributed by atoms with Gasteiger partial charge >= 0.3 is 0 Å². The zero-order valence-corrected chi connectivity index (χ0v) is 12.3. The molecule has 0 aromatic carbocycles. The summed E-state index contributed by atoms with van der Waals surface area (Å²) >= 11 is 6.17. The quantitative estimate of drug-likeness (QED) is 0.847. The molecule has 1 aliphatic carbocycles. The fourth-order valence-electron chi connectivity index (χ4n) is 2.29. The number of hydrogen-bond donors (Lipinski definition) is 1. The smallest absolute Gasteiger partial charge is 0.212 e. The van der Waals surface area contributed by atoms with Gasteiger partial charge in [-0.2, -0.15) is 0 Å². The second-order valence-corrected chi connectivity index (χ2v) is 7.35. The fraction of sp³-hybridized carbons (Fsp3) is 0.615. The number of nitrogens with one attached hydrogen (secondary N) is 1. The monoisotopic (exact) mass is 302 g/mol. The van der Waals surface area contributed by atoms with Gasteiger partial charge < -0.3 is 0 Å². The van der Waals surface area contributed by atoms with Gasteiger partial charge in [-0.15, -0.1) is 11.6 Å². The fourth-order valence-corrected chi connectivity index (χ4v) is 4.05. The number of aromatic nitrogens is 1. The van der Waals surface area contributed by atoms with E-state index >= 15 is 0 Å². The molecule has 0 radical (unpaired) electrons. The van der Waals surface area contributed by atoms with Gasteiger partial charge in [0, 0.05) is 29.7 Å². The maximum atomic E-state index is 12.0. The molecule has 1 heterocycles. The molecule has 0 amide bonds. The zero-order valence-electron chi connectivity index (χ0n) is 10.8. The molecule has 0 saturated heterocycles. The van der Waals surface area contributed by atoms with E-state index in [4.69, 9.17) is 11.6 Å².